The van der Waals surface area contributed by atoms with Crippen LogP contribution in [0.5, 0.6) is 5.75 Å². The van der Waals surface area contributed by atoms with E-state index in [2.05, 4.69) is 0 Å². The number of nitrogens with two attached hydrogens (primary N) is 1. The molecule has 3 rings (SSSR count). The zero-order valence-corrected chi connectivity index (χ0v) is 19.0. The number of carbonyl (C=O) groups excluding carboxylic acids is 2. The molecule has 0 unspecified atom stereocenters. The molecule has 32 heavy (non-hydrogen) atoms. The van der Waals surface area contributed by atoms with E-state index in [1.54, 1.807) is 42.5 Å². The molecule has 0 spiro atoms. The number of hydrogen-bond acceptors (Lipinski definition) is 6. The fourth-order valence-electron chi connectivity index (χ4n) is 2.78. The molecular weight excluding hydrogens is 448 g/mol. The van der Waals surface area contributed by atoms with Gasteiger partial charge in [0.15, 0.2) is 0 Å². The molecule has 0 radical (unpaired) electrons. The number of amides is 1. The molecule has 8 heteroatoms. The summed E-state index contributed by atoms with van der Waals surface area (Å²) >= 11 is 7.29. The highest BCUT2D eigenvalue weighted by Gasteiger charge is 2.30. The number of halogens is 1. The molecule has 0 aliphatic heterocycles. The Morgan fingerprint density at radius 1 is 1.03 bits per heavy atom. The average Bonchev–Trinajstić information content (AvgIpc) is 2.80. The average molecular weight is 471 g/mol. The Balaban J connectivity index is 1.71. The molecule has 0 saturated heterocycles. The van der Waals surface area contributed by atoms with E-state index in [4.69, 9.17) is 26.8 Å². The first-order chi connectivity index (χ1) is 15.4. The number of benzene rings is 3. The quantitative estimate of drug-likeness (QED) is 0.209. The van der Waals surface area contributed by atoms with E-state index in [9.17, 15) is 9.59 Å². The molecule has 3 aromatic rings. The number of ether oxygens (including phenoxy) is 2. The highest BCUT2D eigenvalue weighted by atomic mass is 35.5. The minimum atomic E-state index is -0.904. The second kappa shape index (κ2) is 11.5. The van der Waals surface area contributed by atoms with Gasteiger partial charge in [-0.15, -0.1) is 11.8 Å². The van der Waals surface area contributed by atoms with Crippen LogP contribution in [0.2, 0.25) is 5.02 Å². The van der Waals surface area contributed by atoms with Gasteiger partial charge in [-0.1, -0.05) is 60.1 Å². The summed E-state index contributed by atoms with van der Waals surface area (Å²) in [6.45, 7) is 0.0989. The van der Waals surface area contributed by atoms with Crippen LogP contribution in [0.1, 0.15) is 5.56 Å². The lowest BCUT2D eigenvalue weighted by atomic mass is 10.2. The van der Waals surface area contributed by atoms with E-state index < -0.39 is 18.1 Å². The molecule has 0 aliphatic rings. The van der Waals surface area contributed by atoms with E-state index >= 15 is 0 Å². The zero-order valence-electron chi connectivity index (χ0n) is 17.4. The Labute approximate surface area is 196 Å². The van der Waals surface area contributed by atoms with Crippen LogP contribution in [-0.2, 0) is 16.1 Å². The summed E-state index contributed by atoms with van der Waals surface area (Å²) in [5.74, 6) is 0.0361. The largest absolute Gasteiger partial charge is 0.445 e. The van der Waals surface area contributed by atoms with Crippen molar-refractivity contribution in [3.05, 3.63) is 89.4 Å². The maximum Gasteiger partial charge on any atom is 0.410 e. The van der Waals surface area contributed by atoms with E-state index in [-0.39, 0.29) is 12.4 Å². The molecule has 0 aromatic heterocycles. The Morgan fingerprint density at radius 3 is 2.34 bits per heavy atom. The number of carbonyl (C=O) groups is 2. The molecule has 0 heterocycles. The Hall–Kier alpha value is -3.16. The Morgan fingerprint density at radius 2 is 1.69 bits per heavy atom. The van der Waals surface area contributed by atoms with Crippen molar-refractivity contribution in [1.29, 1.82) is 0 Å². The van der Waals surface area contributed by atoms with E-state index in [1.165, 1.54) is 23.7 Å². The second-order valence-electron chi connectivity index (χ2n) is 6.89. The number of hydrogen-bond donors (Lipinski definition) is 1. The van der Waals surface area contributed by atoms with Crippen molar-refractivity contribution in [3.8, 4) is 5.75 Å². The number of esters is 1. The van der Waals surface area contributed by atoms with Crippen molar-refractivity contribution in [2.75, 3.05) is 18.5 Å². The van der Waals surface area contributed by atoms with Crippen LogP contribution in [-0.4, -0.2) is 35.8 Å². The standard InChI is InChI=1S/C24H23ClN2O4S/c1-27(24(29)30-15-17-8-4-2-5-9-17)21(23(28)31-19-10-6-3-7-11-19)16-32-22-13-12-18(25)14-20(22)26/h2-14,21H,15-16,26H2,1H3/t21-/m0/s1. The number of nitrogen functional groups attached to an aromatic ring is 1. The van der Waals surface area contributed by atoms with Crippen molar-refractivity contribution in [3.63, 3.8) is 0 Å². The predicted molar refractivity (Wildman–Crippen MR) is 127 cm³/mol. The summed E-state index contributed by atoms with van der Waals surface area (Å²) in [6.07, 6.45) is -0.631. The molecule has 1 amide bonds. The second-order valence-corrected chi connectivity index (χ2v) is 8.39. The number of likely N-dealkylation sites (N-methyl/N-ethyl adjacent to an activating group) is 1. The van der Waals surface area contributed by atoms with E-state index in [0.717, 1.165) is 10.5 Å². The van der Waals surface area contributed by atoms with Crippen LogP contribution in [0.15, 0.2) is 83.8 Å². The minimum Gasteiger partial charge on any atom is -0.445 e. The summed E-state index contributed by atoms with van der Waals surface area (Å²) in [5.41, 5.74) is 7.37. The van der Waals surface area contributed by atoms with Gasteiger partial charge in [-0.3, -0.25) is 4.90 Å². The Kier molecular flexibility index (Phi) is 8.41. The summed E-state index contributed by atoms with van der Waals surface area (Å²) in [5, 5.41) is 0.522. The minimum absolute atomic E-state index is 0.0989. The Bertz CT molecular complexity index is 1050. The lowest BCUT2D eigenvalue weighted by Gasteiger charge is -2.26. The van der Waals surface area contributed by atoms with Crippen molar-refractivity contribution in [2.45, 2.75) is 17.5 Å². The molecule has 166 valence electrons. The molecule has 0 bridgehead atoms. The topological polar surface area (TPSA) is 81.9 Å². The monoisotopic (exact) mass is 470 g/mol. The highest BCUT2D eigenvalue weighted by molar-refractivity contribution is 7.99. The fourth-order valence-corrected chi connectivity index (χ4v) is 4.05. The smallest absolute Gasteiger partial charge is 0.410 e. The molecular formula is C24H23ClN2O4S. The van der Waals surface area contributed by atoms with Gasteiger partial charge in [0.1, 0.15) is 18.4 Å². The maximum absolute atomic E-state index is 13.0. The van der Waals surface area contributed by atoms with E-state index in [1.807, 2.05) is 36.4 Å². The van der Waals surface area contributed by atoms with Gasteiger partial charge in [-0.25, -0.2) is 9.59 Å². The van der Waals surface area contributed by atoms with Crippen LogP contribution in [0.4, 0.5) is 10.5 Å². The number of anilines is 1. The van der Waals surface area contributed by atoms with Gasteiger partial charge in [0.25, 0.3) is 0 Å². The highest BCUT2D eigenvalue weighted by Crippen LogP contribution is 2.29. The van der Waals surface area contributed by atoms with Gasteiger partial charge in [0, 0.05) is 28.4 Å². The van der Waals surface area contributed by atoms with Crippen LogP contribution in [0.25, 0.3) is 0 Å². The van der Waals surface area contributed by atoms with Gasteiger partial charge in [-0.05, 0) is 35.9 Å². The predicted octanol–water partition coefficient (Wildman–Crippen LogP) is 5.26. The molecule has 2 N–H and O–H groups in total. The molecule has 6 nitrogen and oxygen atoms in total. The number of para-hydroxylation sites is 1. The molecule has 0 saturated carbocycles. The summed E-state index contributed by atoms with van der Waals surface area (Å²) in [6, 6.07) is 22.2. The first-order valence-electron chi connectivity index (χ1n) is 9.82. The van der Waals surface area contributed by atoms with Gasteiger partial charge < -0.3 is 15.2 Å². The normalized spacial score (nSPS) is 11.4. The van der Waals surface area contributed by atoms with Gasteiger partial charge in [0.05, 0.1) is 0 Å². The van der Waals surface area contributed by atoms with Crippen LogP contribution >= 0.6 is 23.4 Å². The third-order valence-electron chi connectivity index (χ3n) is 4.56. The van der Waals surface area contributed by atoms with Gasteiger partial charge >= 0.3 is 12.1 Å². The van der Waals surface area contributed by atoms with Gasteiger partial charge in [-0.2, -0.15) is 0 Å². The zero-order chi connectivity index (χ0) is 22.9. The summed E-state index contributed by atoms with van der Waals surface area (Å²) < 4.78 is 10.9. The maximum atomic E-state index is 13.0. The van der Waals surface area contributed by atoms with Gasteiger partial charge in [0.2, 0.25) is 0 Å². The number of nitrogens with zero attached hydrogens (tertiary/aromatic N) is 1. The van der Waals surface area contributed by atoms with Crippen LogP contribution < -0.4 is 10.5 Å². The summed E-state index contributed by atoms with van der Waals surface area (Å²) in [4.78, 5) is 27.6. The number of thioether (sulfide) groups is 1. The van der Waals surface area contributed by atoms with Crippen molar-refractivity contribution in [2.24, 2.45) is 0 Å². The van der Waals surface area contributed by atoms with Crippen molar-refractivity contribution in [1.82, 2.24) is 4.90 Å². The van der Waals surface area contributed by atoms with E-state index in [0.29, 0.717) is 16.5 Å². The fraction of sp³-hybridized carbons (Fsp3) is 0.167. The molecule has 0 aliphatic carbocycles. The summed E-state index contributed by atoms with van der Waals surface area (Å²) in [7, 11) is 1.51. The molecule has 1 atom stereocenters. The SMILES string of the molecule is CN(C(=O)OCc1ccccc1)[C@@H](CSc1ccc(Cl)cc1N)C(=O)Oc1ccccc1. The lowest BCUT2D eigenvalue weighted by Crippen LogP contribution is -2.46. The van der Waals surface area contributed by atoms with Crippen molar-refractivity contribution < 1.29 is 19.1 Å². The van der Waals surface area contributed by atoms with Crippen molar-refractivity contribution >= 4 is 41.1 Å². The third kappa shape index (κ3) is 6.67. The first kappa shape index (κ1) is 23.5. The van der Waals surface area contributed by atoms with Crippen LogP contribution in [0.3, 0.4) is 0 Å². The lowest BCUT2D eigenvalue weighted by molar-refractivity contribution is -0.138. The van der Waals surface area contributed by atoms with Crippen LogP contribution in [0, 0.1) is 0 Å². The third-order valence-corrected chi connectivity index (χ3v) is 5.96. The first-order valence-corrected chi connectivity index (χ1v) is 11.2. The molecule has 0 fully saturated rings. The number of rotatable bonds is 8. The molecule has 3 aromatic carbocycles.